The second-order valence-electron chi connectivity index (χ2n) is 6.13. The van der Waals surface area contributed by atoms with E-state index in [9.17, 15) is 4.79 Å². The van der Waals surface area contributed by atoms with Gasteiger partial charge in [-0.1, -0.05) is 12.1 Å². The number of hydrogen-bond donors (Lipinski definition) is 0. The Hall–Kier alpha value is -2.50. The zero-order valence-electron chi connectivity index (χ0n) is 15.0. The zero-order chi connectivity index (χ0) is 17.6. The molecule has 0 spiro atoms. The minimum Gasteiger partial charge on any atom is -0.494 e. The second kappa shape index (κ2) is 8.05. The number of hydrogen-bond acceptors (Lipinski definition) is 4. The third-order valence-electron chi connectivity index (χ3n) is 4.54. The van der Waals surface area contributed by atoms with Crippen LogP contribution in [0.2, 0.25) is 0 Å². The van der Waals surface area contributed by atoms with Crippen molar-refractivity contribution < 1.29 is 9.53 Å². The van der Waals surface area contributed by atoms with Crippen LogP contribution >= 0.6 is 0 Å². The van der Waals surface area contributed by atoms with E-state index in [-0.39, 0.29) is 5.91 Å². The number of imidazole rings is 1. The summed E-state index contributed by atoms with van der Waals surface area (Å²) in [7, 11) is 0. The molecule has 1 saturated heterocycles. The zero-order valence-corrected chi connectivity index (χ0v) is 15.0. The van der Waals surface area contributed by atoms with E-state index < -0.39 is 0 Å². The van der Waals surface area contributed by atoms with Crippen LogP contribution < -0.4 is 9.64 Å². The van der Waals surface area contributed by atoms with Gasteiger partial charge < -0.3 is 19.1 Å². The summed E-state index contributed by atoms with van der Waals surface area (Å²) < 4.78 is 7.58. The Bertz CT molecular complexity index is 688. The molecule has 0 N–H and O–H groups in total. The van der Waals surface area contributed by atoms with Gasteiger partial charge in [0.25, 0.3) is 0 Å². The number of carbonyl (C=O) groups is 1. The monoisotopic (exact) mass is 342 g/mol. The molecule has 1 aliphatic rings. The van der Waals surface area contributed by atoms with Crippen molar-refractivity contribution >= 4 is 11.9 Å². The van der Waals surface area contributed by atoms with Gasteiger partial charge in [-0.3, -0.25) is 4.79 Å². The van der Waals surface area contributed by atoms with Crippen LogP contribution in [0.3, 0.4) is 0 Å². The highest BCUT2D eigenvalue weighted by Crippen LogP contribution is 2.16. The highest BCUT2D eigenvalue weighted by molar-refractivity contribution is 5.79. The van der Waals surface area contributed by atoms with E-state index in [2.05, 4.69) is 21.4 Å². The molecule has 6 heteroatoms. The average Bonchev–Trinajstić information content (AvgIpc) is 3.12. The lowest BCUT2D eigenvalue weighted by Crippen LogP contribution is -2.49. The molecule has 1 aromatic heterocycles. The SMILES string of the molecule is CCOc1ccc(CC(=O)N2CCN(c3nccn3CC)CC2)cc1. The quantitative estimate of drug-likeness (QED) is 0.807. The molecular weight excluding hydrogens is 316 g/mol. The van der Waals surface area contributed by atoms with Crippen LogP contribution in [0.4, 0.5) is 5.95 Å². The summed E-state index contributed by atoms with van der Waals surface area (Å²) in [5.41, 5.74) is 1.03. The summed E-state index contributed by atoms with van der Waals surface area (Å²) in [6, 6.07) is 7.79. The molecule has 0 saturated carbocycles. The molecule has 0 atom stereocenters. The summed E-state index contributed by atoms with van der Waals surface area (Å²) in [5, 5.41) is 0. The van der Waals surface area contributed by atoms with Gasteiger partial charge in [-0.05, 0) is 31.5 Å². The lowest BCUT2D eigenvalue weighted by atomic mass is 10.1. The third kappa shape index (κ3) is 4.13. The van der Waals surface area contributed by atoms with Gasteiger partial charge in [0.15, 0.2) is 0 Å². The number of nitrogens with zero attached hydrogens (tertiary/aromatic N) is 4. The number of amides is 1. The first-order chi connectivity index (χ1) is 12.2. The summed E-state index contributed by atoms with van der Waals surface area (Å²) >= 11 is 0. The number of benzene rings is 1. The van der Waals surface area contributed by atoms with E-state index in [0.29, 0.717) is 13.0 Å². The molecule has 1 fully saturated rings. The van der Waals surface area contributed by atoms with Crippen molar-refractivity contribution in [3.8, 4) is 5.75 Å². The van der Waals surface area contributed by atoms with Gasteiger partial charge in [0.05, 0.1) is 13.0 Å². The first kappa shape index (κ1) is 17.3. The van der Waals surface area contributed by atoms with E-state index in [0.717, 1.165) is 50.0 Å². The van der Waals surface area contributed by atoms with E-state index in [1.807, 2.05) is 48.5 Å². The number of ether oxygens (including phenoxy) is 1. The van der Waals surface area contributed by atoms with Crippen molar-refractivity contribution in [1.29, 1.82) is 0 Å². The van der Waals surface area contributed by atoms with Crippen LogP contribution in [0, 0.1) is 0 Å². The van der Waals surface area contributed by atoms with E-state index in [1.165, 1.54) is 0 Å². The number of aromatic nitrogens is 2. The van der Waals surface area contributed by atoms with Gasteiger partial charge in [-0.15, -0.1) is 0 Å². The fourth-order valence-corrected chi connectivity index (χ4v) is 3.14. The van der Waals surface area contributed by atoms with Crippen LogP contribution in [0.15, 0.2) is 36.7 Å². The minimum atomic E-state index is 0.183. The Morgan fingerprint density at radius 3 is 2.48 bits per heavy atom. The van der Waals surface area contributed by atoms with Gasteiger partial charge in [0, 0.05) is 45.1 Å². The number of piperazine rings is 1. The number of carbonyl (C=O) groups excluding carboxylic acids is 1. The Labute approximate surface area is 149 Å². The lowest BCUT2D eigenvalue weighted by molar-refractivity contribution is -0.130. The number of anilines is 1. The van der Waals surface area contributed by atoms with Crippen LogP contribution in [-0.2, 0) is 17.8 Å². The molecular formula is C19H26N4O2. The number of aryl methyl sites for hydroxylation is 1. The standard InChI is InChI=1S/C19H26N4O2/c1-3-21-10-9-20-19(21)23-13-11-22(12-14-23)18(24)15-16-5-7-17(8-6-16)25-4-2/h5-10H,3-4,11-15H2,1-2H3. The Morgan fingerprint density at radius 1 is 1.12 bits per heavy atom. The molecule has 1 aromatic carbocycles. The maximum absolute atomic E-state index is 12.5. The van der Waals surface area contributed by atoms with Crippen molar-refractivity contribution in [1.82, 2.24) is 14.5 Å². The van der Waals surface area contributed by atoms with Crippen LogP contribution in [0.5, 0.6) is 5.75 Å². The van der Waals surface area contributed by atoms with Crippen LogP contribution in [0.1, 0.15) is 19.4 Å². The van der Waals surface area contributed by atoms with Crippen LogP contribution in [-0.4, -0.2) is 53.1 Å². The van der Waals surface area contributed by atoms with Crippen molar-refractivity contribution in [2.45, 2.75) is 26.8 Å². The predicted molar refractivity (Wildman–Crippen MR) is 98.0 cm³/mol. The van der Waals surface area contributed by atoms with Crippen molar-refractivity contribution in [2.24, 2.45) is 0 Å². The van der Waals surface area contributed by atoms with E-state index >= 15 is 0 Å². The second-order valence-corrected chi connectivity index (χ2v) is 6.13. The molecule has 2 heterocycles. The molecule has 6 nitrogen and oxygen atoms in total. The molecule has 3 rings (SSSR count). The molecule has 25 heavy (non-hydrogen) atoms. The predicted octanol–water partition coefficient (Wildman–Crippen LogP) is 2.19. The average molecular weight is 342 g/mol. The van der Waals surface area contributed by atoms with E-state index in [1.54, 1.807) is 0 Å². The first-order valence-electron chi connectivity index (χ1n) is 8.96. The van der Waals surface area contributed by atoms with Gasteiger partial charge in [-0.2, -0.15) is 0 Å². The largest absolute Gasteiger partial charge is 0.494 e. The fraction of sp³-hybridized carbons (Fsp3) is 0.474. The summed E-state index contributed by atoms with van der Waals surface area (Å²) in [6.45, 7) is 8.77. The Kier molecular flexibility index (Phi) is 5.58. The Morgan fingerprint density at radius 2 is 1.84 bits per heavy atom. The van der Waals surface area contributed by atoms with Crippen molar-refractivity contribution in [3.63, 3.8) is 0 Å². The summed E-state index contributed by atoms with van der Waals surface area (Å²) in [4.78, 5) is 21.2. The van der Waals surface area contributed by atoms with Gasteiger partial charge in [0.2, 0.25) is 11.9 Å². The molecule has 0 aliphatic carbocycles. The molecule has 134 valence electrons. The maximum atomic E-state index is 12.5. The maximum Gasteiger partial charge on any atom is 0.227 e. The smallest absolute Gasteiger partial charge is 0.227 e. The fourth-order valence-electron chi connectivity index (χ4n) is 3.14. The van der Waals surface area contributed by atoms with Crippen LogP contribution in [0.25, 0.3) is 0 Å². The molecule has 0 unspecified atom stereocenters. The van der Waals surface area contributed by atoms with Gasteiger partial charge in [0.1, 0.15) is 5.75 Å². The third-order valence-corrected chi connectivity index (χ3v) is 4.54. The molecule has 1 amide bonds. The number of rotatable bonds is 6. The molecule has 2 aromatic rings. The van der Waals surface area contributed by atoms with Gasteiger partial charge in [-0.25, -0.2) is 4.98 Å². The van der Waals surface area contributed by atoms with Gasteiger partial charge >= 0.3 is 0 Å². The minimum absolute atomic E-state index is 0.183. The molecule has 0 radical (unpaired) electrons. The Balaban J connectivity index is 1.53. The highest BCUT2D eigenvalue weighted by Gasteiger charge is 2.23. The highest BCUT2D eigenvalue weighted by atomic mass is 16.5. The normalized spacial score (nSPS) is 14.6. The lowest BCUT2D eigenvalue weighted by Gasteiger charge is -2.35. The summed E-state index contributed by atoms with van der Waals surface area (Å²) in [6.07, 6.45) is 4.27. The first-order valence-corrected chi connectivity index (χ1v) is 8.96. The summed E-state index contributed by atoms with van der Waals surface area (Å²) in [5.74, 6) is 2.03. The van der Waals surface area contributed by atoms with E-state index in [4.69, 9.17) is 4.74 Å². The van der Waals surface area contributed by atoms with Crippen molar-refractivity contribution in [2.75, 3.05) is 37.7 Å². The van der Waals surface area contributed by atoms with Crippen molar-refractivity contribution in [3.05, 3.63) is 42.2 Å². The topological polar surface area (TPSA) is 50.6 Å². The molecule has 0 bridgehead atoms. The molecule has 1 aliphatic heterocycles.